The largest absolute Gasteiger partial charge is 0.385 e. The number of hydrogen-bond acceptors (Lipinski definition) is 5. The predicted octanol–water partition coefficient (Wildman–Crippen LogP) is 2.66. The molecule has 0 saturated carbocycles. The number of methoxy groups -OCH3 is 1. The van der Waals surface area contributed by atoms with Crippen LogP contribution in [0.1, 0.15) is 36.3 Å². The highest BCUT2D eigenvalue weighted by molar-refractivity contribution is 5.91. The minimum absolute atomic E-state index is 0.214. The summed E-state index contributed by atoms with van der Waals surface area (Å²) in [4.78, 5) is 22.9. The molecule has 2 aromatic rings. The van der Waals surface area contributed by atoms with Crippen molar-refractivity contribution in [1.29, 1.82) is 0 Å². The van der Waals surface area contributed by atoms with Crippen LogP contribution in [0.15, 0.2) is 42.7 Å². The zero-order valence-corrected chi connectivity index (χ0v) is 15.1. The molecule has 0 saturated heterocycles. The molecular formula is C19H26N4O2. The van der Waals surface area contributed by atoms with Gasteiger partial charge in [-0.1, -0.05) is 30.3 Å². The summed E-state index contributed by atoms with van der Waals surface area (Å²) in [6.07, 6.45) is 3.96. The molecule has 0 spiro atoms. The van der Waals surface area contributed by atoms with E-state index in [4.69, 9.17) is 4.74 Å². The Balaban J connectivity index is 2.01. The van der Waals surface area contributed by atoms with Gasteiger partial charge < -0.3 is 15.0 Å². The lowest BCUT2D eigenvalue weighted by Gasteiger charge is -2.27. The van der Waals surface area contributed by atoms with E-state index in [1.54, 1.807) is 13.3 Å². The van der Waals surface area contributed by atoms with E-state index in [0.717, 1.165) is 18.8 Å². The number of ether oxygens (including phenoxy) is 1. The Morgan fingerprint density at radius 1 is 1.20 bits per heavy atom. The van der Waals surface area contributed by atoms with Crippen LogP contribution >= 0.6 is 0 Å². The molecule has 0 radical (unpaired) electrons. The van der Waals surface area contributed by atoms with Gasteiger partial charge in [0.2, 0.25) is 0 Å². The average molecular weight is 342 g/mol. The van der Waals surface area contributed by atoms with Crippen LogP contribution in [-0.2, 0) is 11.3 Å². The molecule has 0 aliphatic rings. The molecule has 6 heteroatoms. The monoisotopic (exact) mass is 342 g/mol. The highest BCUT2D eigenvalue weighted by Crippen LogP contribution is 2.16. The van der Waals surface area contributed by atoms with Crippen LogP contribution < -0.4 is 10.2 Å². The van der Waals surface area contributed by atoms with Gasteiger partial charge >= 0.3 is 0 Å². The van der Waals surface area contributed by atoms with Crippen LogP contribution in [0.25, 0.3) is 0 Å². The first-order chi connectivity index (χ1) is 12.1. The minimum Gasteiger partial charge on any atom is -0.385 e. The van der Waals surface area contributed by atoms with E-state index in [2.05, 4.69) is 46.2 Å². The van der Waals surface area contributed by atoms with Crippen LogP contribution in [0.4, 0.5) is 5.82 Å². The average Bonchev–Trinajstić information content (AvgIpc) is 2.64. The van der Waals surface area contributed by atoms with Crippen molar-refractivity contribution in [3.8, 4) is 0 Å². The van der Waals surface area contributed by atoms with Crippen molar-refractivity contribution in [2.24, 2.45) is 0 Å². The van der Waals surface area contributed by atoms with E-state index in [1.165, 1.54) is 11.8 Å². The minimum atomic E-state index is -0.214. The summed E-state index contributed by atoms with van der Waals surface area (Å²) in [7, 11) is 1.64. The first-order valence-electron chi connectivity index (χ1n) is 8.51. The second kappa shape index (κ2) is 9.74. The zero-order valence-electron chi connectivity index (χ0n) is 15.1. The molecule has 6 nitrogen and oxygen atoms in total. The number of rotatable bonds is 9. The number of anilines is 1. The van der Waals surface area contributed by atoms with Gasteiger partial charge in [0.05, 0.1) is 12.4 Å². The molecule has 0 bridgehead atoms. The number of carbonyl (C=O) groups excluding carboxylic acids is 1. The van der Waals surface area contributed by atoms with Gasteiger partial charge in [-0.05, 0) is 25.8 Å². The molecule has 0 aliphatic heterocycles. The molecular weight excluding hydrogens is 316 g/mol. The Hall–Kier alpha value is -2.47. The first kappa shape index (κ1) is 18.9. The fraction of sp³-hybridized carbons (Fsp3) is 0.421. The summed E-state index contributed by atoms with van der Waals surface area (Å²) < 4.78 is 4.96. The lowest BCUT2D eigenvalue weighted by molar-refractivity contribution is 0.0943. The molecule has 1 aromatic carbocycles. The van der Waals surface area contributed by atoms with Crippen LogP contribution in [0.3, 0.4) is 0 Å². The lowest BCUT2D eigenvalue weighted by atomic mass is 10.2. The van der Waals surface area contributed by atoms with Crippen molar-refractivity contribution >= 4 is 11.7 Å². The molecule has 1 heterocycles. The van der Waals surface area contributed by atoms with Crippen molar-refractivity contribution in [3.63, 3.8) is 0 Å². The van der Waals surface area contributed by atoms with Crippen LogP contribution in [0.5, 0.6) is 0 Å². The maximum Gasteiger partial charge on any atom is 0.271 e. The van der Waals surface area contributed by atoms with Crippen molar-refractivity contribution in [2.45, 2.75) is 32.9 Å². The fourth-order valence-corrected chi connectivity index (χ4v) is 2.40. The molecule has 1 N–H and O–H groups in total. The zero-order chi connectivity index (χ0) is 18.1. The van der Waals surface area contributed by atoms with Crippen LogP contribution in [0.2, 0.25) is 0 Å². The molecule has 2 rings (SSSR count). The molecule has 0 atom stereocenters. The Bertz CT molecular complexity index is 644. The van der Waals surface area contributed by atoms with E-state index >= 15 is 0 Å². The number of aromatic nitrogens is 2. The number of hydrogen-bond donors (Lipinski definition) is 1. The third-order valence-corrected chi connectivity index (χ3v) is 3.80. The maximum atomic E-state index is 12.0. The molecule has 0 unspecified atom stereocenters. The Labute approximate surface area is 149 Å². The molecule has 1 aromatic heterocycles. The van der Waals surface area contributed by atoms with E-state index in [-0.39, 0.29) is 11.9 Å². The van der Waals surface area contributed by atoms with E-state index < -0.39 is 0 Å². The topological polar surface area (TPSA) is 67.3 Å². The van der Waals surface area contributed by atoms with Crippen molar-refractivity contribution in [2.75, 3.05) is 25.2 Å². The number of nitrogens with zero attached hydrogens (tertiary/aromatic N) is 3. The summed E-state index contributed by atoms with van der Waals surface area (Å²) in [5.74, 6) is 0.545. The lowest BCUT2D eigenvalue weighted by Crippen LogP contribution is -2.31. The van der Waals surface area contributed by atoms with Gasteiger partial charge in [0.15, 0.2) is 0 Å². The summed E-state index contributed by atoms with van der Waals surface area (Å²) >= 11 is 0. The molecule has 0 fully saturated rings. The van der Waals surface area contributed by atoms with Gasteiger partial charge in [-0.25, -0.2) is 9.97 Å². The SMILES string of the molecule is COCCCNC(=O)c1cnc(N(Cc2ccccc2)C(C)C)cn1. The standard InChI is InChI=1S/C19H26N4O2/c1-15(2)23(14-16-8-5-4-6-9-16)18-13-21-17(12-22-18)19(24)20-10-7-11-25-3/h4-6,8-9,12-13,15H,7,10-11,14H2,1-3H3,(H,20,24). The van der Waals surface area contributed by atoms with Gasteiger partial charge in [0.1, 0.15) is 11.5 Å². The predicted molar refractivity (Wildman–Crippen MR) is 98.6 cm³/mol. The highest BCUT2D eigenvalue weighted by Gasteiger charge is 2.14. The third kappa shape index (κ3) is 5.83. The maximum absolute atomic E-state index is 12.0. The van der Waals surface area contributed by atoms with Gasteiger partial charge in [0.25, 0.3) is 5.91 Å². The summed E-state index contributed by atoms with van der Waals surface area (Å²) in [6.45, 7) is 6.15. The number of benzene rings is 1. The fourth-order valence-electron chi connectivity index (χ4n) is 2.40. The van der Waals surface area contributed by atoms with Gasteiger partial charge in [0, 0.05) is 32.8 Å². The van der Waals surface area contributed by atoms with Crippen LogP contribution in [0, 0.1) is 0 Å². The smallest absolute Gasteiger partial charge is 0.271 e. The highest BCUT2D eigenvalue weighted by atomic mass is 16.5. The summed E-state index contributed by atoms with van der Waals surface area (Å²) in [5, 5.41) is 2.81. The van der Waals surface area contributed by atoms with Gasteiger partial charge in [-0.15, -0.1) is 0 Å². The summed E-state index contributed by atoms with van der Waals surface area (Å²) in [5.41, 5.74) is 1.53. The summed E-state index contributed by atoms with van der Waals surface area (Å²) in [6, 6.07) is 10.5. The van der Waals surface area contributed by atoms with Gasteiger partial charge in [-0.2, -0.15) is 0 Å². The quantitative estimate of drug-likeness (QED) is 0.710. The molecule has 25 heavy (non-hydrogen) atoms. The van der Waals surface area contributed by atoms with E-state index in [1.807, 2.05) is 18.2 Å². The van der Waals surface area contributed by atoms with E-state index in [0.29, 0.717) is 18.8 Å². The molecule has 134 valence electrons. The normalized spacial score (nSPS) is 10.7. The molecule has 1 amide bonds. The first-order valence-corrected chi connectivity index (χ1v) is 8.51. The Kier molecular flexibility index (Phi) is 7.35. The number of amides is 1. The Morgan fingerprint density at radius 3 is 2.56 bits per heavy atom. The van der Waals surface area contributed by atoms with Gasteiger partial charge in [-0.3, -0.25) is 4.79 Å². The van der Waals surface area contributed by atoms with Crippen molar-refractivity contribution in [1.82, 2.24) is 15.3 Å². The third-order valence-electron chi connectivity index (χ3n) is 3.80. The number of nitrogens with one attached hydrogen (secondary N) is 1. The Morgan fingerprint density at radius 2 is 1.96 bits per heavy atom. The number of carbonyl (C=O) groups is 1. The van der Waals surface area contributed by atoms with Crippen LogP contribution in [-0.4, -0.2) is 42.2 Å². The van der Waals surface area contributed by atoms with E-state index in [9.17, 15) is 4.79 Å². The van der Waals surface area contributed by atoms with Crippen molar-refractivity contribution in [3.05, 3.63) is 54.0 Å². The second-order valence-corrected chi connectivity index (χ2v) is 6.07. The molecule has 0 aliphatic carbocycles. The van der Waals surface area contributed by atoms with Crippen molar-refractivity contribution < 1.29 is 9.53 Å². The second-order valence-electron chi connectivity index (χ2n) is 6.07.